The highest BCUT2D eigenvalue weighted by molar-refractivity contribution is 6.07. The monoisotopic (exact) mass is 477 g/mol. The van der Waals surface area contributed by atoms with Crippen molar-refractivity contribution in [2.24, 2.45) is 17.6 Å². The van der Waals surface area contributed by atoms with E-state index in [1.54, 1.807) is 6.20 Å². The Labute approximate surface area is 218 Å². The first-order valence-corrected chi connectivity index (χ1v) is 13.4. The third kappa shape index (κ3) is 7.10. The van der Waals surface area contributed by atoms with Gasteiger partial charge in [0.25, 0.3) is 0 Å². The van der Waals surface area contributed by atoms with Crippen molar-refractivity contribution in [1.29, 1.82) is 0 Å². The zero-order chi connectivity index (χ0) is 26.1. The Morgan fingerprint density at radius 2 is 1.56 bits per heavy atom. The molecule has 0 saturated heterocycles. The quantitative estimate of drug-likeness (QED) is 0.166. The molecule has 0 bridgehead atoms. The molecule has 0 aromatic heterocycles. The summed E-state index contributed by atoms with van der Waals surface area (Å²) in [5, 5.41) is 5.21. The van der Waals surface area contributed by atoms with Gasteiger partial charge in [0.2, 0.25) is 0 Å². The molecule has 0 aliphatic heterocycles. The third-order valence-corrected chi connectivity index (χ3v) is 7.56. The number of nitrogens with two attached hydrogens (primary N) is 1. The van der Waals surface area contributed by atoms with Crippen LogP contribution in [-0.4, -0.2) is 0 Å². The van der Waals surface area contributed by atoms with Crippen LogP contribution < -0.4 is 5.73 Å². The Kier molecular flexibility index (Phi) is 9.94. The molecule has 36 heavy (non-hydrogen) atoms. The molecule has 3 aromatic carbocycles. The highest BCUT2D eigenvalue weighted by Crippen LogP contribution is 2.29. The van der Waals surface area contributed by atoms with Gasteiger partial charge >= 0.3 is 0 Å². The molecule has 3 rings (SSSR count). The van der Waals surface area contributed by atoms with E-state index in [1.807, 2.05) is 13.0 Å². The summed E-state index contributed by atoms with van der Waals surface area (Å²) in [7, 11) is 0. The summed E-state index contributed by atoms with van der Waals surface area (Å²) in [6.07, 6.45) is 16.4. The van der Waals surface area contributed by atoms with Crippen molar-refractivity contribution in [3.63, 3.8) is 0 Å². The van der Waals surface area contributed by atoms with Crippen LogP contribution in [0.4, 0.5) is 0 Å². The molecule has 2 N–H and O–H groups in total. The predicted molar refractivity (Wildman–Crippen MR) is 161 cm³/mol. The fourth-order valence-electron chi connectivity index (χ4n) is 4.59. The average molecular weight is 478 g/mol. The Hall–Kier alpha value is -3.32. The number of hydrogen-bond donors (Lipinski definition) is 1. The summed E-state index contributed by atoms with van der Waals surface area (Å²) < 4.78 is 0. The minimum absolute atomic E-state index is 0.485. The van der Waals surface area contributed by atoms with E-state index in [0.717, 1.165) is 24.8 Å². The highest BCUT2D eigenvalue weighted by Gasteiger charge is 2.09. The number of hydrogen-bond acceptors (Lipinski definition) is 1. The van der Waals surface area contributed by atoms with E-state index in [-0.39, 0.29) is 0 Å². The smallest absolute Gasteiger partial charge is 0.00565 e. The summed E-state index contributed by atoms with van der Waals surface area (Å²) in [6.45, 7) is 15.6. The van der Waals surface area contributed by atoms with Gasteiger partial charge in [-0.05, 0) is 102 Å². The van der Waals surface area contributed by atoms with Gasteiger partial charge < -0.3 is 5.73 Å². The van der Waals surface area contributed by atoms with Crippen molar-refractivity contribution < 1.29 is 0 Å². The van der Waals surface area contributed by atoms with Crippen LogP contribution in [0.15, 0.2) is 108 Å². The van der Waals surface area contributed by atoms with Crippen LogP contribution in [0.3, 0.4) is 0 Å². The van der Waals surface area contributed by atoms with Gasteiger partial charge in [-0.1, -0.05) is 111 Å². The molecule has 1 nitrogen and oxygen atoms in total. The van der Waals surface area contributed by atoms with Crippen LogP contribution in [0.5, 0.6) is 0 Å². The van der Waals surface area contributed by atoms with Gasteiger partial charge in [-0.3, -0.25) is 0 Å². The van der Waals surface area contributed by atoms with Gasteiger partial charge in [-0.2, -0.15) is 0 Å². The van der Waals surface area contributed by atoms with E-state index in [9.17, 15) is 0 Å². The Balaban J connectivity index is 1.73. The molecule has 0 radical (unpaired) electrons. The second-order valence-electron chi connectivity index (χ2n) is 10.2. The van der Waals surface area contributed by atoms with Gasteiger partial charge in [0, 0.05) is 0 Å². The predicted octanol–water partition coefficient (Wildman–Crippen LogP) is 9.63. The first-order valence-electron chi connectivity index (χ1n) is 13.4. The lowest BCUT2D eigenvalue weighted by Crippen LogP contribution is -2.02. The average Bonchev–Trinajstić information content (AvgIpc) is 2.89. The van der Waals surface area contributed by atoms with Crippen molar-refractivity contribution in [1.82, 2.24) is 0 Å². The molecular weight excluding hydrogens is 434 g/mol. The van der Waals surface area contributed by atoms with Crippen molar-refractivity contribution in [3.05, 3.63) is 120 Å². The topological polar surface area (TPSA) is 26.0 Å². The van der Waals surface area contributed by atoms with Crippen molar-refractivity contribution in [2.45, 2.75) is 60.3 Å². The summed E-state index contributed by atoms with van der Waals surface area (Å²) in [5.41, 5.74) is 12.1. The molecule has 0 amide bonds. The molecule has 0 fully saturated rings. The molecule has 0 aliphatic carbocycles. The lowest BCUT2D eigenvalue weighted by Gasteiger charge is -2.16. The molecule has 0 spiro atoms. The van der Waals surface area contributed by atoms with Gasteiger partial charge in [-0.25, -0.2) is 0 Å². The Morgan fingerprint density at radius 1 is 0.917 bits per heavy atom. The second kappa shape index (κ2) is 13.1. The maximum Gasteiger partial charge on any atom is -0.00565 e. The van der Waals surface area contributed by atoms with Crippen LogP contribution in [0.25, 0.3) is 21.5 Å². The van der Waals surface area contributed by atoms with Gasteiger partial charge in [0.15, 0.2) is 0 Å². The summed E-state index contributed by atoms with van der Waals surface area (Å²) in [4.78, 5) is 0. The van der Waals surface area contributed by atoms with E-state index in [2.05, 4.69) is 107 Å². The Morgan fingerprint density at radius 3 is 2.17 bits per heavy atom. The summed E-state index contributed by atoms with van der Waals surface area (Å²) in [5.74, 6) is 1.15. The third-order valence-electron chi connectivity index (χ3n) is 7.56. The first-order chi connectivity index (χ1) is 17.4. The number of benzene rings is 3. The SMILES string of the molecule is C=C(Cc1ccc2c(ccc3cc(C\C=C/C(/C=C/N)=C\C)ccc32)c1)[C@@H](C)C/C=C(\C)C(C)CC. The number of fused-ring (bicyclic) bond motifs is 3. The van der Waals surface area contributed by atoms with E-state index in [0.29, 0.717) is 11.8 Å². The first kappa shape index (κ1) is 27.3. The highest BCUT2D eigenvalue weighted by atomic mass is 14.5. The summed E-state index contributed by atoms with van der Waals surface area (Å²) >= 11 is 0. The molecule has 0 saturated carbocycles. The lowest BCUT2D eigenvalue weighted by atomic mass is 9.90. The zero-order valence-electron chi connectivity index (χ0n) is 22.9. The van der Waals surface area contributed by atoms with Gasteiger partial charge in [-0.15, -0.1) is 0 Å². The molecule has 0 aliphatic rings. The zero-order valence-corrected chi connectivity index (χ0v) is 22.9. The fourth-order valence-corrected chi connectivity index (χ4v) is 4.59. The Bertz CT molecular complexity index is 1320. The number of rotatable bonds is 11. The van der Waals surface area contributed by atoms with E-state index in [1.165, 1.54) is 50.2 Å². The molecule has 1 heteroatoms. The van der Waals surface area contributed by atoms with E-state index < -0.39 is 0 Å². The van der Waals surface area contributed by atoms with Crippen molar-refractivity contribution in [3.8, 4) is 0 Å². The van der Waals surface area contributed by atoms with Crippen LogP contribution >= 0.6 is 0 Å². The van der Waals surface area contributed by atoms with E-state index >= 15 is 0 Å². The standard InChI is InChI=1S/C35H43N/c1-7-25(3)26(4)12-13-27(5)28(6)22-31-15-19-35-33(24-31)17-16-32-23-30(14-18-34(32)35)11-9-10-29(8-2)20-21-36/h8-10,12,14-21,23-25,27H,6-7,11,13,22,36H2,1-5H3/b10-9-,21-20+,26-12+,29-8+/t25?,27-/m0/s1. The molecule has 2 atom stereocenters. The molecule has 1 unspecified atom stereocenters. The van der Waals surface area contributed by atoms with Gasteiger partial charge in [0.1, 0.15) is 0 Å². The normalized spacial score (nSPS) is 14.8. The maximum absolute atomic E-state index is 5.52. The second-order valence-corrected chi connectivity index (χ2v) is 10.2. The number of allylic oxidation sites excluding steroid dienone is 8. The fraction of sp³-hybridized carbons (Fsp3) is 0.314. The van der Waals surface area contributed by atoms with Crippen LogP contribution in [0.2, 0.25) is 0 Å². The van der Waals surface area contributed by atoms with E-state index in [4.69, 9.17) is 5.73 Å². The molecule has 0 heterocycles. The van der Waals surface area contributed by atoms with Crippen molar-refractivity contribution >= 4 is 21.5 Å². The van der Waals surface area contributed by atoms with Crippen LogP contribution in [0, 0.1) is 11.8 Å². The van der Waals surface area contributed by atoms with Crippen LogP contribution in [-0.2, 0) is 12.8 Å². The van der Waals surface area contributed by atoms with Crippen molar-refractivity contribution in [2.75, 3.05) is 0 Å². The largest absolute Gasteiger partial charge is 0.405 e. The van der Waals surface area contributed by atoms with Crippen LogP contribution in [0.1, 0.15) is 58.6 Å². The molecule has 188 valence electrons. The minimum Gasteiger partial charge on any atom is -0.405 e. The maximum atomic E-state index is 5.52. The van der Waals surface area contributed by atoms with Gasteiger partial charge in [0.05, 0.1) is 0 Å². The lowest BCUT2D eigenvalue weighted by molar-refractivity contribution is 0.631. The minimum atomic E-state index is 0.485. The molecular formula is C35H43N. The molecule has 3 aromatic rings. The summed E-state index contributed by atoms with van der Waals surface area (Å²) in [6, 6.07) is 18.2.